The zero-order valence-electron chi connectivity index (χ0n) is 67.9. The largest absolute Gasteiger partial charge is 0.493 e. The van der Waals surface area contributed by atoms with Gasteiger partial charge < -0.3 is 43.0 Å². The molecule has 0 spiro atoms. The van der Waals surface area contributed by atoms with Gasteiger partial charge in [-0.2, -0.15) is 0 Å². The van der Waals surface area contributed by atoms with Crippen molar-refractivity contribution in [2.45, 2.75) is 107 Å². The molecule has 0 saturated carbocycles. The van der Waals surface area contributed by atoms with E-state index in [2.05, 4.69) is 0 Å². The second kappa shape index (κ2) is 39.1. The van der Waals surface area contributed by atoms with Crippen LogP contribution < -0.4 is 37.9 Å². The summed E-state index contributed by atoms with van der Waals surface area (Å²) < 4.78 is 47.8. The number of imidazole rings is 3. The number of aromatic hydroxyl groups is 1. The molecule has 0 aliphatic heterocycles. The maximum absolute atomic E-state index is 12.8. The van der Waals surface area contributed by atoms with E-state index in [1.165, 1.54) is 48.5 Å². The van der Waals surface area contributed by atoms with Crippen LogP contribution in [0.5, 0.6) is 52.1 Å². The highest BCUT2D eigenvalue weighted by atomic mass is 16.6. The third-order valence-corrected chi connectivity index (χ3v) is 18.6. The van der Waals surface area contributed by atoms with Gasteiger partial charge in [-0.25, -0.2) is 29.9 Å². The second-order valence-corrected chi connectivity index (χ2v) is 28.3. The van der Waals surface area contributed by atoms with Crippen molar-refractivity contribution >= 4 is 64.7 Å². The Labute approximate surface area is 700 Å². The molecule has 26 nitrogen and oxygen atoms in total. The summed E-state index contributed by atoms with van der Waals surface area (Å²) in [5.74, 6) is 0.0896. The quantitative estimate of drug-likeness (QED) is 0.0410. The Morgan fingerprint density at radius 3 is 0.795 bits per heavy atom. The topological polar surface area (TPSA) is 321 Å². The Kier molecular flexibility index (Phi) is 27.0. The number of benzene rings is 9. The molecule has 6 heterocycles. The maximum Gasteiger partial charge on any atom is 0.312 e. The number of rotatable bonds is 25. The first-order valence-electron chi connectivity index (χ1n) is 39.0. The lowest BCUT2D eigenvalue weighted by Crippen LogP contribution is -2.11. The molecule has 6 aromatic heterocycles. The first-order chi connectivity index (χ1) is 58.9. The van der Waals surface area contributed by atoms with Crippen LogP contribution in [0.4, 0.5) is 0 Å². The van der Waals surface area contributed by atoms with E-state index in [1.807, 2.05) is 171 Å². The third-order valence-electron chi connectivity index (χ3n) is 18.6. The fourth-order valence-corrected chi connectivity index (χ4v) is 13.3. The fourth-order valence-electron chi connectivity index (χ4n) is 13.3. The lowest BCUT2D eigenvalue weighted by molar-refractivity contribution is -0.135. The first kappa shape index (κ1) is 84.3. The second-order valence-electron chi connectivity index (χ2n) is 28.3. The predicted molar refractivity (Wildman–Crippen MR) is 452 cm³/mol. The van der Waals surface area contributed by atoms with Crippen molar-refractivity contribution in [3.63, 3.8) is 0 Å². The predicted octanol–water partition coefficient (Wildman–Crippen LogP) is 16.6. The number of esters is 8. The number of ether oxygens (including phenoxy) is 8. The van der Waals surface area contributed by atoms with Gasteiger partial charge in [-0.3, -0.25) is 51.6 Å². The van der Waals surface area contributed by atoms with Gasteiger partial charge in [0.05, 0.1) is 34.2 Å². The molecule has 0 amide bonds. The summed E-state index contributed by atoms with van der Waals surface area (Å²) >= 11 is 0. The highest BCUT2D eigenvalue weighted by Crippen LogP contribution is 2.36. The van der Waals surface area contributed by atoms with Crippen LogP contribution >= 0.6 is 0 Å². The molecule has 0 saturated heterocycles. The van der Waals surface area contributed by atoms with Crippen molar-refractivity contribution in [3.05, 3.63) is 323 Å². The van der Waals surface area contributed by atoms with Gasteiger partial charge in [0.2, 0.25) is 17.6 Å². The van der Waals surface area contributed by atoms with Crippen LogP contribution in [-0.2, 0) is 76.9 Å². The Bertz CT molecular complexity index is 6320. The zero-order valence-corrected chi connectivity index (χ0v) is 67.9. The highest BCUT2D eigenvalue weighted by Gasteiger charge is 2.26. The molecule has 0 atom stereocenters. The smallest absolute Gasteiger partial charge is 0.312 e. The summed E-state index contributed by atoms with van der Waals surface area (Å²) in [7, 11) is 0. The minimum atomic E-state index is -0.480. The molecule has 614 valence electrons. The Balaban J connectivity index is 0.000000158. The van der Waals surface area contributed by atoms with Gasteiger partial charge in [-0.1, -0.05) is 134 Å². The normalized spacial score (nSPS) is 10.9. The van der Waals surface area contributed by atoms with Crippen molar-refractivity contribution in [2.24, 2.45) is 0 Å². The van der Waals surface area contributed by atoms with Gasteiger partial charge in [-0.05, 0) is 149 Å². The van der Waals surface area contributed by atoms with E-state index in [9.17, 15) is 43.5 Å². The van der Waals surface area contributed by atoms with Gasteiger partial charge in [0.15, 0.2) is 16.9 Å². The molecular formula is C96H83N9O17. The summed E-state index contributed by atoms with van der Waals surface area (Å²) in [6.07, 6.45) is 8.87. The van der Waals surface area contributed by atoms with E-state index in [-0.39, 0.29) is 30.2 Å². The number of carbonyl (C=O) groups excluding carboxylic acids is 8. The monoisotopic (exact) mass is 1630 g/mol. The van der Waals surface area contributed by atoms with Crippen molar-refractivity contribution < 1.29 is 81.4 Å². The van der Waals surface area contributed by atoms with E-state index < -0.39 is 29.8 Å². The summed E-state index contributed by atoms with van der Waals surface area (Å²) in [6, 6.07) is 72.2. The lowest BCUT2D eigenvalue weighted by Gasteiger charge is -2.11. The number of hydrogen-bond donors (Lipinski definition) is 1. The lowest BCUT2D eigenvalue weighted by atomic mass is 10.1. The number of nitrogens with zero attached hydrogens (tertiary/aromatic N) is 9. The number of carbonyl (C=O) groups is 8. The van der Waals surface area contributed by atoms with E-state index in [4.69, 9.17) is 67.8 Å². The molecule has 122 heavy (non-hydrogen) atoms. The molecule has 0 aliphatic rings. The molecular weight excluding hydrogens is 1550 g/mol. The van der Waals surface area contributed by atoms with Crippen LogP contribution in [0.2, 0.25) is 0 Å². The minimum Gasteiger partial charge on any atom is -0.493 e. The first-order valence-corrected chi connectivity index (χ1v) is 39.0. The van der Waals surface area contributed by atoms with Gasteiger partial charge >= 0.3 is 47.8 Å². The van der Waals surface area contributed by atoms with Crippen molar-refractivity contribution in [1.82, 2.24) is 43.1 Å². The van der Waals surface area contributed by atoms with Crippen LogP contribution in [0.1, 0.15) is 136 Å². The van der Waals surface area contributed by atoms with Crippen LogP contribution in [0.25, 0.3) is 50.7 Å². The number of aromatic nitrogens is 9. The van der Waals surface area contributed by atoms with Crippen LogP contribution in [-0.4, -0.2) is 96.0 Å². The molecule has 0 radical (unpaired) electrons. The third kappa shape index (κ3) is 22.4. The molecule has 0 bridgehead atoms. The molecule has 0 aliphatic carbocycles. The van der Waals surface area contributed by atoms with E-state index >= 15 is 0 Å². The van der Waals surface area contributed by atoms with Crippen LogP contribution in [0.3, 0.4) is 0 Å². The van der Waals surface area contributed by atoms with Gasteiger partial charge in [0, 0.05) is 129 Å². The average molecular weight is 1630 g/mol. The molecule has 0 fully saturated rings. The number of fused-ring (bicyclic) bond motifs is 3. The Hall–Kier alpha value is -15.6. The Morgan fingerprint density at radius 2 is 0.508 bits per heavy atom. The van der Waals surface area contributed by atoms with Crippen molar-refractivity contribution in [3.8, 4) is 85.9 Å². The Morgan fingerprint density at radius 1 is 0.270 bits per heavy atom. The fraction of sp³-hybridized carbons (Fsp3) is 0.167. The summed E-state index contributed by atoms with van der Waals surface area (Å²) in [5, 5.41) is 11.2. The van der Waals surface area contributed by atoms with E-state index in [1.54, 1.807) is 105 Å². The molecule has 1 N–H and O–H groups in total. The maximum atomic E-state index is 12.8. The minimum absolute atomic E-state index is 0.0264. The van der Waals surface area contributed by atoms with Crippen LogP contribution in [0, 0.1) is 0 Å². The van der Waals surface area contributed by atoms with Gasteiger partial charge in [-0.15, -0.1) is 0 Å². The average Bonchev–Trinajstić information content (AvgIpc) is 1.63. The highest BCUT2D eigenvalue weighted by molar-refractivity contribution is 5.77. The van der Waals surface area contributed by atoms with Crippen molar-refractivity contribution in [2.75, 3.05) is 0 Å². The van der Waals surface area contributed by atoms with Gasteiger partial charge in [0.25, 0.3) is 0 Å². The molecule has 15 aromatic rings. The standard InChI is InChI=1S/C34H31N3O6.C32H27N3O6.C30H25N3O5/c1-4-8-32(40)43-34-30(20-25-11-15-27(16-12-25)41-22(2)38)36-33-29(19-24-9-6-5-7-10-24)35-31(21-37(33)34)26-13-17-28(18-14-26)42-23(3)39;1-20(36)39-26-13-9-24(10-14-26)18-29-32(41-22(3)38)35-19-30(25-11-15-27(16-12-25)40-21(2)37)33-28(31(35)34-29)17-23-7-5-4-6-8-23;1-19(34)37-24-12-8-22(9-13-24)17-27-30(36)33-18-28(23-10-14-25(15-11-23)38-20(2)35)31-26(29(33)32-27)16-21-6-4-3-5-7-21/h5-7,9-18,21H,4,8,19-20H2,1-3H3;4-16,19H,17-18H2,1-3H3;3-15,18,36H,16-17H2,1-2H3. The number of hydrogen-bond acceptors (Lipinski definition) is 23. The van der Waals surface area contributed by atoms with E-state index in [0.717, 1.165) is 50.1 Å². The van der Waals surface area contributed by atoms with Crippen molar-refractivity contribution in [1.29, 1.82) is 0 Å². The van der Waals surface area contributed by atoms with Gasteiger partial charge in [0.1, 0.15) is 51.6 Å². The SMILES string of the molecule is CC(=O)Oc1ccc(Cc2nc3c(Cc4ccccc4)nc(-c4ccc(OC(C)=O)cc4)cn3c2O)cc1.CC(=O)Oc1ccc(Cc2nc3c(Cc4ccccc4)nc(-c4ccc(OC(C)=O)cc4)cn3c2OC(C)=O)cc1.CCCC(=O)Oc1c(Cc2ccc(OC(C)=O)cc2)nc2c(Cc3ccccc3)nc(-c3ccc(OC(C)=O)cc3)cn12. The summed E-state index contributed by atoms with van der Waals surface area (Å²) in [5.41, 5.74) is 15.6. The molecule has 26 heteroatoms. The van der Waals surface area contributed by atoms with E-state index in [0.29, 0.717) is 159 Å². The summed E-state index contributed by atoms with van der Waals surface area (Å²) in [4.78, 5) is 122. The molecule has 0 unspecified atom stereocenters. The van der Waals surface area contributed by atoms with Crippen LogP contribution in [0.15, 0.2) is 255 Å². The summed E-state index contributed by atoms with van der Waals surface area (Å²) in [6.45, 7) is 11.4. The molecule has 9 aromatic carbocycles. The molecule has 15 rings (SSSR count). The zero-order chi connectivity index (χ0) is 85.9.